The Labute approximate surface area is 112 Å². The number of rotatable bonds is 6. The maximum Gasteiger partial charge on any atom is 0.338 e. The van der Waals surface area contributed by atoms with Gasteiger partial charge in [0.2, 0.25) is 0 Å². The van der Waals surface area contributed by atoms with Crippen LogP contribution in [0.15, 0.2) is 18.2 Å². The van der Waals surface area contributed by atoms with Gasteiger partial charge in [-0.15, -0.1) is 0 Å². The van der Waals surface area contributed by atoms with E-state index in [0.29, 0.717) is 18.7 Å². The van der Waals surface area contributed by atoms with Crippen molar-refractivity contribution in [2.45, 2.75) is 13.8 Å². The van der Waals surface area contributed by atoms with Crippen LogP contribution in [-0.4, -0.2) is 38.7 Å². The zero-order chi connectivity index (χ0) is 14.3. The molecule has 0 saturated heterocycles. The third kappa shape index (κ3) is 5.09. The Balaban J connectivity index is 2.45. The summed E-state index contributed by atoms with van der Waals surface area (Å²) in [5.41, 5.74) is 2.39. The van der Waals surface area contributed by atoms with Gasteiger partial charge in [-0.25, -0.2) is 4.79 Å². The molecule has 0 aliphatic heterocycles. The molecular weight excluding hydrogens is 246 g/mol. The van der Waals surface area contributed by atoms with Gasteiger partial charge in [-0.3, -0.25) is 4.79 Å². The topological polar surface area (TPSA) is 64.6 Å². The Hall–Kier alpha value is -1.88. The molecule has 1 N–H and O–H groups in total. The number of esters is 1. The van der Waals surface area contributed by atoms with E-state index in [9.17, 15) is 9.59 Å². The maximum absolute atomic E-state index is 11.8. The molecule has 5 nitrogen and oxygen atoms in total. The highest BCUT2D eigenvalue weighted by Gasteiger charge is 2.12. The fourth-order valence-electron chi connectivity index (χ4n) is 1.60. The first-order valence-electron chi connectivity index (χ1n) is 6.04. The van der Waals surface area contributed by atoms with Crippen molar-refractivity contribution in [3.63, 3.8) is 0 Å². The van der Waals surface area contributed by atoms with Crippen molar-refractivity contribution in [2.24, 2.45) is 0 Å². The van der Waals surface area contributed by atoms with Gasteiger partial charge in [0.15, 0.2) is 6.61 Å². The van der Waals surface area contributed by atoms with Gasteiger partial charge in [0.05, 0.1) is 12.2 Å². The quantitative estimate of drug-likeness (QED) is 0.620. The third-order valence-electron chi connectivity index (χ3n) is 2.56. The summed E-state index contributed by atoms with van der Waals surface area (Å²) in [5.74, 6) is -0.824. The van der Waals surface area contributed by atoms with Crippen LogP contribution in [0.2, 0.25) is 0 Å². The Bertz CT molecular complexity index is 457. The Morgan fingerprint density at radius 3 is 2.63 bits per heavy atom. The van der Waals surface area contributed by atoms with E-state index in [1.807, 2.05) is 26.0 Å². The SMILES string of the molecule is COCCNC(=O)COC(=O)c1ccc(C)cc1C. The molecule has 1 rings (SSSR count). The predicted octanol–water partition coefficient (Wildman–Crippen LogP) is 1.22. The highest BCUT2D eigenvalue weighted by molar-refractivity contribution is 5.92. The molecule has 0 saturated carbocycles. The van der Waals surface area contributed by atoms with E-state index >= 15 is 0 Å². The number of aryl methyl sites for hydroxylation is 2. The molecule has 1 aromatic rings. The highest BCUT2D eigenvalue weighted by Crippen LogP contribution is 2.11. The fourth-order valence-corrected chi connectivity index (χ4v) is 1.60. The van der Waals surface area contributed by atoms with Gasteiger partial charge in [0, 0.05) is 13.7 Å². The average Bonchev–Trinajstić information content (AvgIpc) is 2.36. The van der Waals surface area contributed by atoms with Crippen LogP contribution < -0.4 is 5.32 Å². The Morgan fingerprint density at radius 2 is 2.00 bits per heavy atom. The van der Waals surface area contributed by atoms with Crippen LogP contribution in [0.1, 0.15) is 21.5 Å². The molecule has 1 aromatic carbocycles. The van der Waals surface area contributed by atoms with Gasteiger partial charge in [-0.05, 0) is 25.5 Å². The molecule has 0 aromatic heterocycles. The first-order valence-corrected chi connectivity index (χ1v) is 6.04. The molecule has 0 fully saturated rings. The predicted molar refractivity (Wildman–Crippen MR) is 71.1 cm³/mol. The van der Waals surface area contributed by atoms with Crippen LogP contribution in [0.4, 0.5) is 0 Å². The number of methoxy groups -OCH3 is 1. The van der Waals surface area contributed by atoms with Crippen LogP contribution in [0.3, 0.4) is 0 Å². The maximum atomic E-state index is 11.8. The van der Waals surface area contributed by atoms with E-state index in [0.717, 1.165) is 11.1 Å². The average molecular weight is 265 g/mol. The standard InChI is InChI=1S/C14H19NO4/c1-10-4-5-12(11(2)8-10)14(17)19-9-13(16)15-6-7-18-3/h4-5,8H,6-7,9H2,1-3H3,(H,15,16). The highest BCUT2D eigenvalue weighted by atomic mass is 16.5. The molecular formula is C14H19NO4. The Morgan fingerprint density at radius 1 is 1.26 bits per heavy atom. The number of benzene rings is 1. The van der Waals surface area contributed by atoms with E-state index in [1.165, 1.54) is 0 Å². The van der Waals surface area contributed by atoms with E-state index in [2.05, 4.69) is 5.32 Å². The molecule has 1 amide bonds. The monoisotopic (exact) mass is 265 g/mol. The van der Waals surface area contributed by atoms with Crippen molar-refractivity contribution < 1.29 is 19.1 Å². The molecule has 5 heteroatoms. The minimum atomic E-state index is -0.487. The number of carbonyl (C=O) groups excluding carboxylic acids is 2. The lowest BCUT2D eigenvalue weighted by molar-refractivity contribution is -0.124. The summed E-state index contributed by atoms with van der Waals surface area (Å²) in [6, 6.07) is 5.44. The van der Waals surface area contributed by atoms with Gasteiger partial charge in [0.1, 0.15) is 0 Å². The molecule has 0 bridgehead atoms. The zero-order valence-electron chi connectivity index (χ0n) is 11.5. The van der Waals surface area contributed by atoms with Crippen molar-refractivity contribution in [2.75, 3.05) is 26.9 Å². The van der Waals surface area contributed by atoms with Crippen molar-refractivity contribution in [3.05, 3.63) is 34.9 Å². The molecule has 19 heavy (non-hydrogen) atoms. The largest absolute Gasteiger partial charge is 0.452 e. The number of carbonyl (C=O) groups is 2. The molecule has 0 unspecified atom stereocenters. The van der Waals surface area contributed by atoms with Gasteiger partial charge in [-0.2, -0.15) is 0 Å². The van der Waals surface area contributed by atoms with E-state index in [1.54, 1.807) is 13.2 Å². The molecule has 104 valence electrons. The van der Waals surface area contributed by atoms with Crippen LogP contribution in [0, 0.1) is 13.8 Å². The first-order chi connectivity index (χ1) is 9.04. The summed E-state index contributed by atoms with van der Waals surface area (Å²) >= 11 is 0. The summed E-state index contributed by atoms with van der Waals surface area (Å²) < 4.78 is 9.74. The van der Waals surface area contributed by atoms with Gasteiger partial charge < -0.3 is 14.8 Å². The van der Waals surface area contributed by atoms with Crippen molar-refractivity contribution in [3.8, 4) is 0 Å². The first kappa shape index (κ1) is 15.2. The number of hydrogen-bond acceptors (Lipinski definition) is 4. The van der Waals surface area contributed by atoms with Crippen molar-refractivity contribution in [1.82, 2.24) is 5.32 Å². The van der Waals surface area contributed by atoms with Crippen LogP contribution in [0.25, 0.3) is 0 Å². The minimum Gasteiger partial charge on any atom is -0.452 e. The molecule has 0 heterocycles. The van der Waals surface area contributed by atoms with Gasteiger partial charge in [-0.1, -0.05) is 17.7 Å². The van der Waals surface area contributed by atoms with E-state index in [4.69, 9.17) is 9.47 Å². The normalized spacial score (nSPS) is 10.1. The van der Waals surface area contributed by atoms with Gasteiger partial charge in [0.25, 0.3) is 5.91 Å². The second kappa shape index (κ2) is 7.53. The van der Waals surface area contributed by atoms with Crippen LogP contribution >= 0.6 is 0 Å². The second-order valence-electron chi connectivity index (χ2n) is 4.24. The van der Waals surface area contributed by atoms with Gasteiger partial charge >= 0.3 is 5.97 Å². The molecule has 0 atom stereocenters. The van der Waals surface area contributed by atoms with E-state index in [-0.39, 0.29) is 12.5 Å². The molecule has 0 spiro atoms. The van der Waals surface area contributed by atoms with Crippen LogP contribution in [0.5, 0.6) is 0 Å². The molecule has 0 aliphatic rings. The summed E-state index contributed by atoms with van der Waals surface area (Å²) in [5, 5.41) is 2.57. The second-order valence-corrected chi connectivity index (χ2v) is 4.24. The molecule has 0 radical (unpaired) electrons. The summed E-state index contributed by atoms with van der Waals surface area (Å²) in [4.78, 5) is 23.1. The number of hydrogen-bond donors (Lipinski definition) is 1. The number of amides is 1. The van der Waals surface area contributed by atoms with Crippen molar-refractivity contribution in [1.29, 1.82) is 0 Å². The fraction of sp³-hybridized carbons (Fsp3) is 0.429. The minimum absolute atomic E-state index is 0.282. The lowest BCUT2D eigenvalue weighted by Gasteiger charge is -2.08. The summed E-state index contributed by atoms with van der Waals surface area (Å²) in [6.07, 6.45) is 0. The summed E-state index contributed by atoms with van der Waals surface area (Å²) in [7, 11) is 1.55. The number of nitrogens with one attached hydrogen (secondary N) is 1. The van der Waals surface area contributed by atoms with E-state index < -0.39 is 5.97 Å². The molecule has 0 aliphatic carbocycles. The van der Waals surface area contributed by atoms with Crippen molar-refractivity contribution >= 4 is 11.9 Å². The third-order valence-corrected chi connectivity index (χ3v) is 2.56. The lowest BCUT2D eigenvalue weighted by atomic mass is 10.1. The summed E-state index contributed by atoms with van der Waals surface area (Å²) in [6.45, 7) is 4.33. The smallest absolute Gasteiger partial charge is 0.338 e. The Kier molecular flexibility index (Phi) is 6.02. The zero-order valence-corrected chi connectivity index (χ0v) is 11.5. The lowest BCUT2D eigenvalue weighted by Crippen LogP contribution is -2.31. The van der Waals surface area contributed by atoms with Crippen LogP contribution in [-0.2, 0) is 14.3 Å². The number of ether oxygens (including phenoxy) is 2.